The SMILES string of the molecule is CN=C(NCCCC(=O)N1Cc2ccccc2C1)NCC(c1cccs1)N1CCCC1. The molecule has 4 rings (SSSR count). The highest BCUT2D eigenvalue weighted by Crippen LogP contribution is 2.27. The third-order valence-corrected chi connectivity index (χ3v) is 7.17. The Morgan fingerprint density at radius 2 is 1.84 bits per heavy atom. The molecule has 0 bridgehead atoms. The minimum atomic E-state index is 0.229. The minimum Gasteiger partial charge on any atom is -0.356 e. The molecule has 6 nitrogen and oxygen atoms in total. The predicted molar refractivity (Wildman–Crippen MR) is 127 cm³/mol. The number of fused-ring (bicyclic) bond motifs is 1. The van der Waals surface area contributed by atoms with Crippen LogP contribution in [0.5, 0.6) is 0 Å². The molecule has 2 aliphatic rings. The van der Waals surface area contributed by atoms with Gasteiger partial charge in [0.05, 0.1) is 6.04 Å². The van der Waals surface area contributed by atoms with Gasteiger partial charge in [0.25, 0.3) is 0 Å². The Morgan fingerprint density at radius 1 is 1.10 bits per heavy atom. The van der Waals surface area contributed by atoms with E-state index in [0.29, 0.717) is 12.5 Å². The fourth-order valence-electron chi connectivity index (χ4n) is 4.47. The van der Waals surface area contributed by atoms with Crippen molar-refractivity contribution in [2.24, 2.45) is 4.99 Å². The number of nitrogens with zero attached hydrogens (tertiary/aromatic N) is 3. The Morgan fingerprint density at radius 3 is 2.48 bits per heavy atom. The lowest BCUT2D eigenvalue weighted by Crippen LogP contribution is -2.42. The predicted octanol–water partition coefficient (Wildman–Crippen LogP) is 3.37. The number of carbonyl (C=O) groups excluding carboxylic acids is 1. The van der Waals surface area contributed by atoms with E-state index >= 15 is 0 Å². The molecular formula is C24H33N5OS. The summed E-state index contributed by atoms with van der Waals surface area (Å²) in [4.78, 5) is 22.9. The van der Waals surface area contributed by atoms with Gasteiger partial charge in [-0.15, -0.1) is 11.3 Å². The number of hydrogen-bond acceptors (Lipinski definition) is 4. The van der Waals surface area contributed by atoms with Gasteiger partial charge in [-0.25, -0.2) is 0 Å². The molecule has 166 valence electrons. The number of amides is 1. The summed E-state index contributed by atoms with van der Waals surface area (Å²) in [5, 5.41) is 9.03. The molecule has 0 saturated carbocycles. The molecule has 0 aliphatic carbocycles. The zero-order chi connectivity index (χ0) is 21.5. The largest absolute Gasteiger partial charge is 0.356 e. The van der Waals surface area contributed by atoms with Gasteiger partial charge in [0.15, 0.2) is 5.96 Å². The standard InChI is InChI=1S/C24H33N5OS/c1-25-24(27-16-21(22-10-7-15-31-22)28-13-4-5-14-28)26-12-6-11-23(30)29-17-19-8-2-3-9-20(19)18-29/h2-3,7-10,15,21H,4-6,11-14,16-18H2,1H3,(H2,25,26,27). The number of likely N-dealkylation sites (tertiary alicyclic amines) is 1. The number of carbonyl (C=O) groups is 1. The lowest BCUT2D eigenvalue weighted by atomic mass is 10.1. The molecule has 7 heteroatoms. The smallest absolute Gasteiger partial charge is 0.223 e. The average molecular weight is 440 g/mol. The van der Waals surface area contributed by atoms with Crippen LogP contribution in [0.2, 0.25) is 0 Å². The summed E-state index contributed by atoms with van der Waals surface area (Å²) in [7, 11) is 1.80. The monoisotopic (exact) mass is 439 g/mol. The van der Waals surface area contributed by atoms with Gasteiger partial charge in [0, 0.05) is 44.5 Å². The molecule has 3 heterocycles. The minimum absolute atomic E-state index is 0.229. The number of hydrogen-bond donors (Lipinski definition) is 2. The van der Waals surface area contributed by atoms with E-state index in [1.807, 2.05) is 28.4 Å². The first-order valence-electron chi connectivity index (χ1n) is 11.3. The highest BCUT2D eigenvalue weighted by atomic mass is 32.1. The van der Waals surface area contributed by atoms with Crippen LogP contribution in [0.1, 0.15) is 47.7 Å². The molecule has 1 amide bonds. The van der Waals surface area contributed by atoms with E-state index in [4.69, 9.17) is 0 Å². The maximum absolute atomic E-state index is 12.6. The Labute approximate surface area is 189 Å². The molecule has 2 N–H and O–H groups in total. The van der Waals surface area contributed by atoms with Crippen LogP contribution < -0.4 is 10.6 Å². The zero-order valence-electron chi connectivity index (χ0n) is 18.3. The van der Waals surface area contributed by atoms with E-state index in [1.54, 1.807) is 7.05 Å². The summed E-state index contributed by atoms with van der Waals surface area (Å²) in [5.41, 5.74) is 2.55. The highest BCUT2D eigenvalue weighted by Gasteiger charge is 2.25. The molecule has 1 unspecified atom stereocenters. The van der Waals surface area contributed by atoms with Gasteiger partial charge >= 0.3 is 0 Å². The molecule has 1 aromatic heterocycles. The van der Waals surface area contributed by atoms with Gasteiger partial charge in [0.2, 0.25) is 5.91 Å². The molecule has 1 atom stereocenters. The van der Waals surface area contributed by atoms with E-state index in [0.717, 1.165) is 38.6 Å². The van der Waals surface area contributed by atoms with Crippen molar-refractivity contribution in [3.8, 4) is 0 Å². The highest BCUT2D eigenvalue weighted by molar-refractivity contribution is 7.10. The maximum Gasteiger partial charge on any atom is 0.223 e. The summed E-state index contributed by atoms with van der Waals surface area (Å²) >= 11 is 1.83. The summed E-state index contributed by atoms with van der Waals surface area (Å²) in [5.74, 6) is 1.04. The van der Waals surface area contributed by atoms with Crippen molar-refractivity contribution in [3.05, 3.63) is 57.8 Å². The van der Waals surface area contributed by atoms with Gasteiger partial charge in [0.1, 0.15) is 0 Å². The first-order valence-corrected chi connectivity index (χ1v) is 12.2. The van der Waals surface area contributed by atoms with Gasteiger partial charge in [-0.05, 0) is 54.9 Å². The topological polar surface area (TPSA) is 60.0 Å². The van der Waals surface area contributed by atoms with Crippen molar-refractivity contribution < 1.29 is 4.79 Å². The number of benzene rings is 1. The van der Waals surface area contributed by atoms with E-state index in [9.17, 15) is 4.79 Å². The van der Waals surface area contributed by atoms with Crippen molar-refractivity contribution >= 4 is 23.2 Å². The van der Waals surface area contributed by atoms with Gasteiger partial charge in [-0.2, -0.15) is 0 Å². The number of rotatable bonds is 8. The van der Waals surface area contributed by atoms with E-state index in [2.05, 4.69) is 50.2 Å². The van der Waals surface area contributed by atoms with Gasteiger partial charge in [-0.3, -0.25) is 14.7 Å². The molecular weight excluding hydrogens is 406 g/mol. The first kappa shape index (κ1) is 21.8. The van der Waals surface area contributed by atoms with E-state index < -0.39 is 0 Å². The summed E-state index contributed by atoms with van der Waals surface area (Å²) in [6.45, 7) is 5.39. The molecule has 1 saturated heterocycles. The summed E-state index contributed by atoms with van der Waals surface area (Å²) in [6.07, 6.45) is 3.92. The lowest BCUT2D eigenvalue weighted by molar-refractivity contribution is -0.131. The first-order chi connectivity index (χ1) is 15.2. The van der Waals surface area contributed by atoms with Crippen molar-refractivity contribution in [2.75, 3.05) is 33.2 Å². The van der Waals surface area contributed by atoms with Gasteiger partial charge < -0.3 is 15.5 Å². The second kappa shape index (κ2) is 10.8. The fourth-order valence-corrected chi connectivity index (χ4v) is 5.33. The van der Waals surface area contributed by atoms with Crippen molar-refractivity contribution in [1.29, 1.82) is 0 Å². The molecule has 1 aromatic carbocycles. The van der Waals surface area contributed by atoms with Crippen LogP contribution in [0.25, 0.3) is 0 Å². The Balaban J connectivity index is 1.19. The molecule has 1 fully saturated rings. The normalized spacial score (nSPS) is 17.6. The second-order valence-corrected chi connectivity index (χ2v) is 9.26. The summed E-state index contributed by atoms with van der Waals surface area (Å²) in [6, 6.07) is 13.1. The van der Waals surface area contributed by atoms with Crippen molar-refractivity contribution in [1.82, 2.24) is 20.4 Å². The van der Waals surface area contributed by atoms with Crippen LogP contribution in [-0.2, 0) is 17.9 Å². The number of aliphatic imine (C=N–C) groups is 1. The fraction of sp³-hybridized carbons (Fsp3) is 0.500. The third kappa shape index (κ3) is 5.66. The second-order valence-electron chi connectivity index (χ2n) is 8.28. The third-order valence-electron chi connectivity index (χ3n) is 6.19. The zero-order valence-corrected chi connectivity index (χ0v) is 19.2. The molecule has 31 heavy (non-hydrogen) atoms. The van der Waals surface area contributed by atoms with Crippen molar-refractivity contribution in [3.63, 3.8) is 0 Å². The quantitative estimate of drug-likeness (QED) is 0.376. The van der Waals surface area contributed by atoms with Crippen LogP contribution in [0.15, 0.2) is 46.8 Å². The van der Waals surface area contributed by atoms with Crippen LogP contribution in [-0.4, -0.2) is 54.9 Å². The molecule has 2 aliphatic heterocycles. The number of nitrogens with one attached hydrogen (secondary N) is 2. The van der Waals surface area contributed by atoms with Crippen LogP contribution in [0.3, 0.4) is 0 Å². The van der Waals surface area contributed by atoms with Gasteiger partial charge in [-0.1, -0.05) is 30.3 Å². The molecule has 0 spiro atoms. The van der Waals surface area contributed by atoms with Crippen LogP contribution in [0.4, 0.5) is 0 Å². The Bertz CT molecular complexity index is 851. The number of guanidine groups is 1. The van der Waals surface area contributed by atoms with Crippen LogP contribution in [0, 0.1) is 0 Å². The average Bonchev–Trinajstić information content (AvgIpc) is 3.56. The van der Waals surface area contributed by atoms with E-state index in [-0.39, 0.29) is 5.91 Å². The number of thiophene rings is 1. The molecule has 0 radical (unpaired) electrons. The van der Waals surface area contributed by atoms with Crippen molar-refractivity contribution in [2.45, 2.75) is 44.8 Å². The van der Waals surface area contributed by atoms with Crippen LogP contribution >= 0.6 is 11.3 Å². The van der Waals surface area contributed by atoms with E-state index in [1.165, 1.54) is 41.9 Å². The Hall–Kier alpha value is -2.38. The lowest BCUT2D eigenvalue weighted by Gasteiger charge is -2.27. The Kier molecular flexibility index (Phi) is 7.59. The summed E-state index contributed by atoms with van der Waals surface area (Å²) < 4.78 is 0. The molecule has 2 aromatic rings. The maximum atomic E-state index is 12.6.